The van der Waals surface area contributed by atoms with Gasteiger partial charge in [0.25, 0.3) is 5.91 Å². The van der Waals surface area contributed by atoms with Crippen LogP contribution in [0.3, 0.4) is 0 Å². The number of ether oxygens (including phenoxy) is 2. The summed E-state index contributed by atoms with van der Waals surface area (Å²) in [6.07, 6.45) is -4.92. The quantitative estimate of drug-likeness (QED) is 0.805. The summed E-state index contributed by atoms with van der Waals surface area (Å²) in [5.74, 6) is -1.51. The average molecular weight is 382 g/mol. The molecule has 0 saturated carbocycles. The summed E-state index contributed by atoms with van der Waals surface area (Å²) in [4.78, 5) is 23.1. The second kappa shape index (κ2) is 8.43. The first-order valence-electron chi connectivity index (χ1n) is 7.72. The zero-order chi connectivity index (χ0) is 20.0. The molecule has 0 atom stereocenters. The summed E-state index contributed by atoms with van der Waals surface area (Å²) in [6, 6.07) is 10.7. The molecule has 0 spiro atoms. The van der Waals surface area contributed by atoms with E-state index in [1.807, 2.05) is 0 Å². The van der Waals surface area contributed by atoms with Crippen LogP contribution in [0.4, 0.5) is 18.9 Å². The molecule has 0 bridgehead atoms. The Morgan fingerprint density at radius 2 is 1.59 bits per heavy atom. The van der Waals surface area contributed by atoms with Crippen LogP contribution < -0.4 is 20.1 Å². The predicted octanol–water partition coefficient (Wildman–Crippen LogP) is 3.13. The molecule has 6 nitrogen and oxygen atoms in total. The lowest BCUT2D eigenvalue weighted by Crippen LogP contribution is -2.36. The van der Waals surface area contributed by atoms with Gasteiger partial charge in [-0.15, -0.1) is 0 Å². The van der Waals surface area contributed by atoms with E-state index in [1.165, 1.54) is 44.6 Å². The number of carbonyl (C=O) groups is 2. The van der Waals surface area contributed by atoms with E-state index >= 15 is 0 Å². The largest absolute Gasteiger partial charge is 0.493 e. The lowest BCUT2D eigenvalue weighted by Gasteiger charge is -2.11. The molecule has 2 amide bonds. The Morgan fingerprint density at radius 1 is 0.963 bits per heavy atom. The van der Waals surface area contributed by atoms with Crippen molar-refractivity contribution in [2.75, 3.05) is 19.5 Å². The highest BCUT2D eigenvalue weighted by Gasteiger charge is 2.38. The van der Waals surface area contributed by atoms with Gasteiger partial charge < -0.3 is 20.1 Å². The number of anilines is 1. The standard InChI is InChI=1S/C18H17F3N2O4/c1-26-14-8-5-12(9-15(14)27-2)16(24)23-13-6-3-11(4-7-13)10-22-17(25)18(19,20)21/h3-9H,10H2,1-2H3,(H,22,25)(H,23,24). The third-order valence-electron chi connectivity index (χ3n) is 3.57. The first-order chi connectivity index (χ1) is 12.7. The molecule has 2 N–H and O–H groups in total. The van der Waals surface area contributed by atoms with E-state index in [-0.39, 0.29) is 6.54 Å². The molecule has 0 aliphatic rings. The zero-order valence-corrected chi connectivity index (χ0v) is 14.5. The molecule has 27 heavy (non-hydrogen) atoms. The SMILES string of the molecule is COc1ccc(C(=O)Nc2ccc(CNC(=O)C(F)(F)F)cc2)cc1OC. The number of nitrogens with one attached hydrogen (secondary N) is 2. The van der Waals surface area contributed by atoms with Gasteiger partial charge in [0.05, 0.1) is 14.2 Å². The fourth-order valence-corrected chi connectivity index (χ4v) is 2.17. The number of alkyl halides is 3. The van der Waals surface area contributed by atoms with Gasteiger partial charge in [0.1, 0.15) is 0 Å². The normalized spacial score (nSPS) is 10.9. The van der Waals surface area contributed by atoms with Crippen molar-refractivity contribution in [2.45, 2.75) is 12.7 Å². The topological polar surface area (TPSA) is 76.7 Å². The molecule has 144 valence electrons. The van der Waals surface area contributed by atoms with E-state index in [0.29, 0.717) is 28.3 Å². The Bertz CT molecular complexity index is 820. The van der Waals surface area contributed by atoms with E-state index in [9.17, 15) is 22.8 Å². The number of amides is 2. The number of benzene rings is 2. The van der Waals surface area contributed by atoms with Gasteiger partial charge in [0.2, 0.25) is 0 Å². The maximum atomic E-state index is 12.3. The fourth-order valence-electron chi connectivity index (χ4n) is 2.17. The second-order valence-electron chi connectivity index (χ2n) is 5.40. The maximum absolute atomic E-state index is 12.3. The number of hydrogen-bond donors (Lipinski definition) is 2. The molecule has 9 heteroatoms. The lowest BCUT2D eigenvalue weighted by atomic mass is 10.1. The van der Waals surface area contributed by atoms with Gasteiger partial charge in [-0.05, 0) is 35.9 Å². The number of rotatable bonds is 6. The number of methoxy groups -OCH3 is 2. The van der Waals surface area contributed by atoms with Gasteiger partial charge in [-0.3, -0.25) is 9.59 Å². The highest BCUT2D eigenvalue weighted by atomic mass is 19.4. The van der Waals surface area contributed by atoms with Crippen molar-refractivity contribution in [3.8, 4) is 11.5 Å². The van der Waals surface area contributed by atoms with Gasteiger partial charge in [-0.2, -0.15) is 13.2 Å². The number of carbonyl (C=O) groups excluding carboxylic acids is 2. The molecular formula is C18H17F3N2O4. The smallest absolute Gasteiger partial charge is 0.471 e. The lowest BCUT2D eigenvalue weighted by molar-refractivity contribution is -0.173. The molecule has 0 heterocycles. The Hall–Kier alpha value is -3.23. The van der Waals surface area contributed by atoms with Crippen LogP contribution in [0.2, 0.25) is 0 Å². The van der Waals surface area contributed by atoms with E-state index in [1.54, 1.807) is 17.4 Å². The summed E-state index contributed by atoms with van der Waals surface area (Å²) < 4.78 is 46.7. The van der Waals surface area contributed by atoms with Crippen LogP contribution in [-0.4, -0.2) is 32.2 Å². The third-order valence-corrected chi connectivity index (χ3v) is 3.57. The van der Waals surface area contributed by atoms with Gasteiger partial charge in [-0.25, -0.2) is 0 Å². The van der Waals surface area contributed by atoms with Gasteiger partial charge in [-0.1, -0.05) is 12.1 Å². The molecule has 0 fully saturated rings. The molecule has 0 unspecified atom stereocenters. The van der Waals surface area contributed by atoms with Crippen LogP contribution in [0.5, 0.6) is 11.5 Å². The fraction of sp³-hybridized carbons (Fsp3) is 0.222. The molecule has 0 saturated heterocycles. The van der Waals surface area contributed by atoms with Crippen LogP contribution in [-0.2, 0) is 11.3 Å². The van der Waals surface area contributed by atoms with E-state index < -0.39 is 18.0 Å². The summed E-state index contributed by atoms with van der Waals surface area (Å²) in [7, 11) is 2.94. The van der Waals surface area contributed by atoms with Crippen LogP contribution in [0, 0.1) is 0 Å². The minimum absolute atomic E-state index is 0.276. The molecule has 0 aliphatic heterocycles. The summed E-state index contributed by atoms with van der Waals surface area (Å²) in [5.41, 5.74) is 1.24. The first-order valence-corrected chi connectivity index (χ1v) is 7.72. The van der Waals surface area contributed by atoms with Crippen molar-refractivity contribution in [3.05, 3.63) is 53.6 Å². The third kappa shape index (κ3) is 5.37. The monoisotopic (exact) mass is 382 g/mol. The van der Waals surface area contributed by atoms with Crippen LogP contribution in [0.25, 0.3) is 0 Å². The van der Waals surface area contributed by atoms with Crippen molar-refractivity contribution >= 4 is 17.5 Å². The maximum Gasteiger partial charge on any atom is 0.471 e. The zero-order valence-electron chi connectivity index (χ0n) is 14.5. The molecule has 2 rings (SSSR count). The van der Waals surface area contributed by atoms with Crippen LogP contribution >= 0.6 is 0 Å². The van der Waals surface area contributed by atoms with Crippen molar-refractivity contribution < 1.29 is 32.2 Å². The Kier molecular flexibility index (Phi) is 6.27. The highest BCUT2D eigenvalue weighted by molar-refractivity contribution is 6.04. The summed E-state index contributed by atoms with van der Waals surface area (Å²) >= 11 is 0. The minimum atomic E-state index is -4.92. The molecule has 2 aromatic carbocycles. The number of hydrogen-bond acceptors (Lipinski definition) is 4. The predicted molar refractivity (Wildman–Crippen MR) is 91.8 cm³/mol. The molecule has 0 aliphatic carbocycles. The highest BCUT2D eigenvalue weighted by Crippen LogP contribution is 2.27. The van der Waals surface area contributed by atoms with E-state index in [2.05, 4.69) is 5.32 Å². The Balaban J connectivity index is 2.00. The van der Waals surface area contributed by atoms with Gasteiger partial charge in [0.15, 0.2) is 11.5 Å². The second-order valence-corrected chi connectivity index (χ2v) is 5.40. The van der Waals surface area contributed by atoms with Gasteiger partial charge >= 0.3 is 12.1 Å². The van der Waals surface area contributed by atoms with Crippen molar-refractivity contribution in [1.29, 1.82) is 0 Å². The Labute approximate surface area is 153 Å². The minimum Gasteiger partial charge on any atom is -0.493 e. The van der Waals surface area contributed by atoms with Crippen LogP contribution in [0.15, 0.2) is 42.5 Å². The summed E-state index contributed by atoms with van der Waals surface area (Å²) in [5, 5.41) is 4.43. The molecular weight excluding hydrogens is 365 g/mol. The van der Waals surface area contributed by atoms with Crippen molar-refractivity contribution in [1.82, 2.24) is 5.32 Å². The Morgan fingerprint density at radius 3 is 2.15 bits per heavy atom. The summed E-state index contributed by atoms with van der Waals surface area (Å²) in [6.45, 7) is -0.276. The van der Waals surface area contributed by atoms with E-state index in [0.717, 1.165) is 0 Å². The van der Waals surface area contributed by atoms with Crippen molar-refractivity contribution in [2.24, 2.45) is 0 Å². The average Bonchev–Trinajstić information content (AvgIpc) is 2.65. The number of halogens is 3. The molecule has 2 aromatic rings. The van der Waals surface area contributed by atoms with Crippen LogP contribution in [0.1, 0.15) is 15.9 Å². The van der Waals surface area contributed by atoms with Crippen molar-refractivity contribution in [3.63, 3.8) is 0 Å². The van der Waals surface area contributed by atoms with E-state index in [4.69, 9.17) is 9.47 Å². The molecule has 0 radical (unpaired) electrons. The first kappa shape index (κ1) is 20.1. The van der Waals surface area contributed by atoms with Gasteiger partial charge in [0, 0.05) is 17.8 Å². The molecule has 0 aromatic heterocycles.